The molecule has 0 N–H and O–H groups in total. The van der Waals surface area contributed by atoms with Gasteiger partial charge < -0.3 is 8.98 Å². The van der Waals surface area contributed by atoms with Crippen LogP contribution in [0.25, 0.3) is 82.5 Å². The van der Waals surface area contributed by atoms with Gasteiger partial charge in [0.2, 0.25) is 0 Å². The van der Waals surface area contributed by atoms with Gasteiger partial charge in [0.25, 0.3) is 0 Å². The quantitative estimate of drug-likeness (QED) is 0.158. The third kappa shape index (κ3) is 5.26. The molecule has 0 radical (unpaired) electrons. The Kier molecular flexibility index (Phi) is 7.28. The van der Waals surface area contributed by atoms with E-state index in [9.17, 15) is 0 Å². The van der Waals surface area contributed by atoms with E-state index in [1.807, 2.05) is 12.1 Å². The molecule has 0 amide bonds. The molecule has 55 heavy (non-hydrogen) atoms. The van der Waals surface area contributed by atoms with E-state index in [4.69, 9.17) is 4.42 Å². The van der Waals surface area contributed by atoms with Crippen LogP contribution in [0.4, 0.5) is 0 Å². The summed E-state index contributed by atoms with van der Waals surface area (Å²) in [6.45, 7) is 0. The Morgan fingerprint density at radius 1 is 0.364 bits per heavy atom. The Balaban J connectivity index is 1.09. The Morgan fingerprint density at radius 2 is 1.02 bits per heavy atom. The van der Waals surface area contributed by atoms with E-state index in [-0.39, 0.29) is 5.92 Å². The molecule has 11 rings (SSSR count). The molecule has 2 heterocycles. The van der Waals surface area contributed by atoms with Crippen LogP contribution in [-0.2, 0) is 0 Å². The molecule has 0 saturated carbocycles. The molecule has 11 aromatic rings. The molecule has 0 bridgehead atoms. The fourth-order valence-electron chi connectivity index (χ4n) is 8.72. The summed E-state index contributed by atoms with van der Waals surface area (Å²) in [5.41, 5.74) is 14.0. The molecular weight excluding hydrogens is 667 g/mol. The predicted octanol–water partition coefficient (Wildman–Crippen LogP) is 14.4. The summed E-state index contributed by atoms with van der Waals surface area (Å²) < 4.78 is 8.71. The van der Waals surface area contributed by atoms with Crippen molar-refractivity contribution in [2.45, 2.75) is 5.92 Å². The van der Waals surface area contributed by atoms with E-state index in [1.54, 1.807) is 0 Å². The maximum Gasteiger partial charge on any atom is 0.136 e. The van der Waals surface area contributed by atoms with Crippen molar-refractivity contribution in [1.29, 1.82) is 0 Å². The molecule has 0 aliphatic carbocycles. The lowest BCUT2D eigenvalue weighted by Gasteiger charge is -2.23. The largest absolute Gasteiger partial charge is 0.456 e. The molecule has 0 spiro atoms. The van der Waals surface area contributed by atoms with Crippen molar-refractivity contribution in [3.8, 4) is 27.9 Å². The summed E-state index contributed by atoms with van der Waals surface area (Å²) in [5, 5.41) is 7.20. The van der Waals surface area contributed by atoms with Crippen LogP contribution in [0.3, 0.4) is 0 Å². The molecule has 2 aromatic heterocycles. The lowest BCUT2D eigenvalue weighted by molar-refractivity contribution is 0.669. The van der Waals surface area contributed by atoms with E-state index in [1.165, 1.54) is 71.5 Å². The van der Waals surface area contributed by atoms with E-state index in [2.05, 4.69) is 199 Å². The first-order chi connectivity index (χ1) is 27.3. The van der Waals surface area contributed by atoms with Crippen molar-refractivity contribution in [1.82, 2.24) is 4.57 Å². The summed E-state index contributed by atoms with van der Waals surface area (Å²) in [5.74, 6) is -0.0221. The van der Waals surface area contributed by atoms with Gasteiger partial charge in [0.1, 0.15) is 11.2 Å². The molecule has 9 aromatic carbocycles. The van der Waals surface area contributed by atoms with Crippen LogP contribution >= 0.6 is 0 Å². The third-order valence-electron chi connectivity index (χ3n) is 11.3. The lowest BCUT2D eigenvalue weighted by Crippen LogP contribution is -2.07. The monoisotopic (exact) mass is 701 g/mol. The van der Waals surface area contributed by atoms with Gasteiger partial charge in [-0.15, -0.1) is 0 Å². The van der Waals surface area contributed by atoms with Crippen molar-refractivity contribution in [3.05, 3.63) is 223 Å². The zero-order valence-electron chi connectivity index (χ0n) is 30.1. The molecule has 0 fully saturated rings. The van der Waals surface area contributed by atoms with E-state index in [0.717, 1.165) is 27.6 Å². The number of nitrogens with zero attached hydrogens (tertiary/aromatic N) is 1. The Hall–Kier alpha value is -7.16. The topological polar surface area (TPSA) is 18.1 Å². The van der Waals surface area contributed by atoms with Crippen LogP contribution < -0.4 is 0 Å². The first-order valence-electron chi connectivity index (χ1n) is 19.0. The zero-order chi connectivity index (χ0) is 36.3. The third-order valence-corrected chi connectivity index (χ3v) is 11.3. The van der Waals surface area contributed by atoms with Crippen molar-refractivity contribution >= 4 is 54.5 Å². The number of rotatable bonds is 6. The molecule has 1 atom stereocenters. The van der Waals surface area contributed by atoms with Gasteiger partial charge in [-0.05, 0) is 92.2 Å². The second-order valence-electron chi connectivity index (χ2n) is 14.5. The van der Waals surface area contributed by atoms with Gasteiger partial charge in [0.05, 0.1) is 11.0 Å². The van der Waals surface area contributed by atoms with Crippen LogP contribution in [0.1, 0.15) is 22.6 Å². The summed E-state index contributed by atoms with van der Waals surface area (Å²) in [6.07, 6.45) is 0. The van der Waals surface area contributed by atoms with Gasteiger partial charge in [-0.25, -0.2) is 0 Å². The second-order valence-corrected chi connectivity index (χ2v) is 14.5. The molecule has 0 aliphatic rings. The van der Waals surface area contributed by atoms with Gasteiger partial charge >= 0.3 is 0 Å². The van der Waals surface area contributed by atoms with Crippen molar-refractivity contribution in [2.75, 3.05) is 0 Å². The van der Waals surface area contributed by atoms with Crippen molar-refractivity contribution < 1.29 is 4.42 Å². The van der Waals surface area contributed by atoms with Gasteiger partial charge in [-0.3, -0.25) is 0 Å². The highest BCUT2D eigenvalue weighted by Gasteiger charge is 2.24. The highest BCUT2D eigenvalue weighted by atomic mass is 16.3. The summed E-state index contributed by atoms with van der Waals surface area (Å²) in [4.78, 5) is 0. The maximum atomic E-state index is 6.25. The van der Waals surface area contributed by atoms with Crippen LogP contribution in [0, 0.1) is 0 Å². The Morgan fingerprint density at radius 3 is 1.87 bits per heavy atom. The fourth-order valence-corrected chi connectivity index (χ4v) is 8.72. The first-order valence-corrected chi connectivity index (χ1v) is 19.0. The summed E-state index contributed by atoms with van der Waals surface area (Å²) >= 11 is 0. The van der Waals surface area contributed by atoms with Crippen molar-refractivity contribution in [3.63, 3.8) is 0 Å². The lowest BCUT2D eigenvalue weighted by atomic mass is 9.82. The number of aromatic nitrogens is 1. The molecule has 2 heteroatoms. The number of fused-ring (bicyclic) bond motifs is 7. The summed E-state index contributed by atoms with van der Waals surface area (Å²) in [6, 6.07) is 74.9. The molecule has 0 aliphatic heterocycles. The minimum absolute atomic E-state index is 0.0221. The van der Waals surface area contributed by atoms with Crippen LogP contribution in [0.15, 0.2) is 211 Å². The zero-order valence-corrected chi connectivity index (χ0v) is 30.1. The Bertz CT molecular complexity index is 3190. The number of benzene rings is 9. The average Bonchev–Trinajstić information content (AvgIpc) is 3.79. The maximum absolute atomic E-state index is 6.25. The SMILES string of the molecule is c1ccc(-c2cccc(C(c3ccc(-c4ccc5cc6c(cc5c4)oc4ccccc46)cc3)c3cccc4c5ccccc5n(-c5ccccc5)c34)c2)cc1. The smallest absolute Gasteiger partial charge is 0.136 e. The second kappa shape index (κ2) is 12.8. The number of furan rings is 1. The standard InChI is InChI=1S/C53H35NO/c1-3-13-35(14-4-1)38-15-11-16-41(31-38)52(47-22-12-21-46-44-19-7-9-23-49(44)54(53(46)47)43-17-5-2-6-18-43)37-27-25-36(26-28-37)39-29-30-40-33-48-45-20-8-10-24-50(45)55-51(48)34-42(40)32-39/h1-34,52H. The normalized spacial score (nSPS) is 12.3. The van der Waals surface area contributed by atoms with E-state index >= 15 is 0 Å². The first kappa shape index (κ1) is 31.4. The minimum atomic E-state index is -0.0221. The number of para-hydroxylation sites is 4. The van der Waals surface area contributed by atoms with Crippen LogP contribution in [-0.4, -0.2) is 4.57 Å². The summed E-state index contributed by atoms with van der Waals surface area (Å²) in [7, 11) is 0. The molecule has 1 unspecified atom stereocenters. The average molecular weight is 702 g/mol. The van der Waals surface area contributed by atoms with E-state index in [0.29, 0.717) is 0 Å². The Labute approximate surface area is 319 Å². The van der Waals surface area contributed by atoms with Gasteiger partial charge in [-0.1, -0.05) is 164 Å². The molecule has 2 nitrogen and oxygen atoms in total. The van der Waals surface area contributed by atoms with Gasteiger partial charge in [-0.2, -0.15) is 0 Å². The highest BCUT2D eigenvalue weighted by Crippen LogP contribution is 2.42. The van der Waals surface area contributed by atoms with Gasteiger partial charge in [0.15, 0.2) is 0 Å². The minimum Gasteiger partial charge on any atom is -0.456 e. The predicted molar refractivity (Wildman–Crippen MR) is 230 cm³/mol. The molecule has 0 saturated heterocycles. The van der Waals surface area contributed by atoms with Gasteiger partial charge in [0, 0.05) is 33.2 Å². The van der Waals surface area contributed by atoms with E-state index < -0.39 is 0 Å². The number of hydrogen-bond donors (Lipinski definition) is 0. The fraction of sp³-hybridized carbons (Fsp3) is 0.0189. The molecule has 258 valence electrons. The highest BCUT2D eigenvalue weighted by molar-refractivity contribution is 6.11. The van der Waals surface area contributed by atoms with Crippen LogP contribution in [0.5, 0.6) is 0 Å². The van der Waals surface area contributed by atoms with Crippen LogP contribution in [0.2, 0.25) is 0 Å². The van der Waals surface area contributed by atoms with Crippen molar-refractivity contribution in [2.24, 2.45) is 0 Å². The number of hydrogen-bond acceptors (Lipinski definition) is 1. The molecular formula is C53H35NO.